The molecule has 0 bridgehead atoms. The molecule has 0 radical (unpaired) electrons. The third-order valence-corrected chi connectivity index (χ3v) is 4.14. The van der Waals surface area contributed by atoms with E-state index in [1.807, 2.05) is 92.7 Å². The maximum Gasteiger partial charge on any atom is 0.0456 e. The van der Waals surface area contributed by atoms with E-state index in [1.54, 1.807) is 6.20 Å². The maximum absolute atomic E-state index is 14.6. The van der Waals surface area contributed by atoms with E-state index in [1.165, 1.54) is 6.07 Å². The third-order valence-electron chi connectivity index (χ3n) is 4.14. The molecule has 0 unspecified atom stereocenters. The van der Waals surface area contributed by atoms with Gasteiger partial charge in [0.05, 0.1) is 0 Å². The number of benzene rings is 3. The topological polar surface area (TPSA) is 12.9 Å². The number of halogens is 1. The molecular formula is C25H21FNPt-. The fraction of sp³-hybridized carbons (Fsp3) is 0.0800. The predicted molar refractivity (Wildman–Crippen MR) is 111 cm³/mol. The Labute approximate surface area is 180 Å². The molecule has 144 valence electrons. The second-order valence-corrected chi connectivity index (χ2v) is 5.73. The van der Waals surface area contributed by atoms with Crippen molar-refractivity contribution in [3.05, 3.63) is 103 Å². The molecule has 3 aromatic carbocycles. The molecule has 4 aromatic rings. The number of aromatic nitrogens is 1. The summed E-state index contributed by atoms with van der Waals surface area (Å²) in [4.78, 5) is 4.34. The zero-order valence-electron chi connectivity index (χ0n) is 15.8. The monoisotopic (exact) mass is 549 g/mol. The fourth-order valence-corrected chi connectivity index (χ4v) is 2.94. The molecule has 0 aliphatic carbocycles. The molecule has 0 saturated heterocycles. The fourth-order valence-electron chi connectivity index (χ4n) is 2.94. The normalized spacial score (nSPS) is 9.68. The molecule has 1 aromatic heterocycles. The smallest absolute Gasteiger partial charge is 0.0456 e. The van der Waals surface area contributed by atoms with Gasteiger partial charge in [0.15, 0.2) is 0 Å². The number of hydrogen-bond acceptors (Lipinski definition) is 1. The van der Waals surface area contributed by atoms with Gasteiger partial charge in [-0.1, -0.05) is 86.1 Å². The van der Waals surface area contributed by atoms with Crippen molar-refractivity contribution in [3.63, 3.8) is 0 Å². The van der Waals surface area contributed by atoms with Gasteiger partial charge >= 0.3 is 0 Å². The Morgan fingerprint density at radius 1 is 0.750 bits per heavy atom. The molecule has 0 aliphatic rings. The molecule has 0 fully saturated rings. The summed E-state index contributed by atoms with van der Waals surface area (Å²) in [6, 6.07) is 29.7. The zero-order valence-corrected chi connectivity index (χ0v) is 18.1. The summed E-state index contributed by atoms with van der Waals surface area (Å²) in [5.74, 6) is -0.289. The van der Waals surface area contributed by atoms with Crippen LogP contribution in [0.1, 0.15) is 13.8 Å². The Morgan fingerprint density at radius 3 is 2.07 bits per heavy atom. The maximum atomic E-state index is 14.6. The minimum Gasteiger partial charge on any atom is -0.305 e. The first-order valence-electron chi connectivity index (χ1n) is 9.10. The summed E-state index contributed by atoms with van der Waals surface area (Å²) < 4.78 is 14.6. The van der Waals surface area contributed by atoms with E-state index >= 15 is 0 Å². The largest absolute Gasteiger partial charge is 0.305 e. The van der Waals surface area contributed by atoms with Crippen LogP contribution in [0, 0.1) is 11.9 Å². The van der Waals surface area contributed by atoms with E-state index in [2.05, 4.69) is 11.1 Å². The standard InChI is InChI=1S/C23H15FN.C2H6.Pt/c24-22-14-13-18(23-12-6-7-15-25-23)16-21(22)20-11-5-4-10-19(20)17-8-2-1-3-9-17;1-2;/h1-12,14-16H;1-2H3;/q-1;;. The van der Waals surface area contributed by atoms with E-state index in [4.69, 9.17) is 0 Å². The molecule has 1 nitrogen and oxygen atoms in total. The van der Waals surface area contributed by atoms with Crippen molar-refractivity contribution in [3.8, 4) is 33.5 Å². The van der Waals surface area contributed by atoms with Gasteiger partial charge in [-0.25, -0.2) is 0 Å². The van der Waals surface area contributed by atoms with Crippen LogP contribution in [0.25, 0.3) is 33.5 Å². The van der Waals surface area contributed by atoms with E-state index in [0.29, 0.717) is 5.56 Å². The van der Waals surface area contributed by atoms with Gasteiger partial charge in [-0.2, -0.15) is 0 Å². The first kappa shape index (κ1) is 21.7. The molecule has 3 heteroatoms. The van der Waals surface area contributed by atoms with E-state index < -0.39 is 0 Å². The van der Waals surface area contributed by atoms with Crippen molar-refractivity contribution < 1.29 is 25.5 Å². The van der Waals surface area contributed by atoms with Crippen molar-refractivity contribution in [2.75, 3.05) is 0 Å². The molecule has 0 N–H and O–H groups in total. The molecule has 0 amide bonds. The van der Waals surface area contributed by atoms with Gasteiger partial charge in [0.1, 0.15) is 0 Å². The van der Waals surface area contributed by atoms with Crippen molar-refractivity contribution in [1.29, 1.82) is 0 Å². The average Bonchev–Trinajstić information content (AvgIpc) is 2.77. The van der Waals surface area contributed by atoms with Gasteiger partial charge in [-0.15, -0.1) is 23.8 Å². The Kier molecular flexibility index (Phi) is 8.29. The van der Waals surface area contributed by atoms with E-state index in [0.717, 1.165) is 27.9 Å². The number of hydrogen-bond donors (Lipinski definition) is 0. The van der Waals surface area contributed by atoms with Crippen molar-refractivity contribution >= 4 is 0 Å². The SMILES string of the molecule is CC.Fc1c[c-]c(-c2ccccn2)cc1-c1ccccc1-c1ccccc1.[Pt]. The van der Waals surface area contributed by atoms with Crippen LogP contribution < -0.4 is 0 Å². The quantitative estimate of drug-likeness (QED) is 0.250. The van der Waals surface area contributed by atoms with Crippen molar-refractivity contribution in [2.45, 2.75) is 13.8 Å². The minimum absolute atomic E-state index is 0. The van der Waals surface area contributed by atoms with Gasteiger partial charge in [0.25, 0.3) is 0 Å². The van der Waals surface area contributed by atoms with E-state index in [-0.39, 0.29) is 26.9 Å². The summed E-state index contributed by atoms with van der Waals surface area (Å²) in [7, 11) is 0. The average molecular weight is 550 g/mol. The van der Waals surface area contributed by atoms with Gasteiger partial charge in [-0.3, -0.25) is 4.39 Å². The van der Waals surface area contributed by atoms with Crippen LogP contribution in [0.5, 0.6) is 0 Å². The third kappa shape index (κ3) is 4.82. The van der Waals surface area contributed by atoms with Crippen LogP contribution >= 0.6 is 0 Å². The molecular weight excluding hydrogens is 528 g/mol. The number of pyridine rings is 1. The minimum atomic E-state index is -0.289. The second kappa shape index (κ2) is 10.7. The summed E-state index contributed by atoms with van der Waals surface area (Å²) in [5, 5.41) is 0. The van der Waals surface area contributed by atoms with Crippen LogP contribution in [-0.4, -0.2) is 4.98 Å². The van der Waals surface area contributed by atoms with Gasteiger partial charge < -0.3 is 4.98 Å². The van der Waals surface area contributed by atoms with Crippen LogP contribution in [0.2, 0.25) is 0 Å². The summed E-state index contributed by atoms with van der Waals surface area (Å²) in [6.45, 7) is 4.00. The van der Waals surface area contributed by atoms with Crippen LogP contribution in [-0.2, 0) is 21.1 Å². The Morgan fingerprint density at radius 2 is 1.39 bits per heavy atom. The Hall–Kier alpha value is -2.57. The molecule has 4 rings (SSSR count). The second-order valence-electron chi connectivity index (χ2n) is 5.73. The van der Waals surface area contributed by atoms with Gasteiger partial charge in [0, 0.05) is 33.1 Å². The summed E-state index contributed by atoms with van der Waals surface area (Å²) in [6.07, 6.45) is 1.73. The number of nitrogens with zero attached hydrogens (tertiary/aromatic N) is 1. The molecule has 0 aliphatic heterocycles. The molecule has 0 atom stereocenters. The first-order chi connectivity index (χ1) is 13.3. The number of rotatable bonds is 3. The first-order valence-corrected chi connectivity index (χ1v) is 9.10. The van der Waals surface area contributed by atoms with Crippen LogP contribution in [0.15, 0.2) is 91.1 Å². The zero-order chi connectivity index (χ0) is 19.1. The summed E-state index contributed by atoms with van der Waals surface area (Å²) >= 11 is 0. The Bertz CT molecular complexity index is 1000. The van der Waals surface area contributed by atoms with Crippen LogP contribution in [0.3, 0.4) is 0 Å². The van der Waals surface area contributed by atoms with Gasteiger partial charge in [0.2, 0.25) is 0 Å². The van der Waals surface area contributed by atoms with E-state index in [9.17, 15) is 4.39 Å². The molecule has 28 heavy (non-hydrogen) atoms. The molecule has 0 saturated carbocycles. The molecule has 0 spiro atoms. The Balaban J connectivity index is 0.000000906. The predicted octanol–water partition coefficient (Wildman–Crippen LogP) is 7.05. The van der Waals surface area contributed by atoms with Crippen molar-refractivity contribution in [2.24, 2.45) is 0 Å². The molecule has 1 heterocycles. The van der Waals surface area contributed by atoms with Gasteiger partial charge in [-0.05, 0) is 28.5 Å². The summed E-state index contributed by atoms with van der Waals surface area (Å²) in [5.41, 5.74) is 5.03. The van der Waals surface area contributed by atoms with Crippen LogP contribution in [0.4, 0.5) is 4.39 Å². The van der Waals surface area contributed by atoms with Crippen molar-refractivity contribution in [1.82, 2.24) is 4.98 Å².